The fraction of sp³-hybridized carbons (Fsp3) is 0.800. The molecule has 0 bridgehead atoms. The van der Waals surface area contributed by atoms with Crippen molar-refractivity contribution in [3.63, 3.8) is 0 Å². The molecular weight excluding hydrogens is 272 g/mol. The lowest BCUT2D eigenvalue weighted by Crippen LogP contribution is -2.44. The number of hydrogen-bond acceptors (Lipinski definition) is 4. The molecule has 116 valence electrons. The Hall–Kier alpha value is -0.493. The van der Waals surface area contributed by atoms with Gasteiger partial charge in [0.25, 0.3) is 0 Å². The molecule has 0 amide bonds. The minimum atomic E-state index is -1.93. The maximum Gasteiger partial charge on any atom is 0.192 e. The number of Topliss-reactive ketones (excluding diaryl/α,β-unsaturated/α-hetero) is 1. The molecule has 1 heterocycles. The number of ether oxygens (including phenoxy) is 2. The molecule has 1 aliphatic rings. The summed E-state index contributed by atoms with van der Waals surface area (Å²) in [5.74, 6) is -0.832. The Balaban J connectivity index is 2.66. The average Bonchev–Trinajstić information content (AvgIpc) is 2.60. The van der Waals surface area contributed by atoms with E-state index in [-0.39, 0.29) is 17.4 Å². The van der Waals surface area contributed by atoms with Gasteiger partial charge in [-0.25, -0.2) is 0 Å². The van der Waals surface area contributed by atoms with Gasteiger partial charge >= 0.3 is 0 Å². The SMILES string of the molecule is C=C[C@@H]1OC(C)(C)O[C@@H]1C(=O)CO[Si](C)(C)C(C)(C)C. The molecule has 2 atom stereocenters. The second-order valence-corrected chi connectivity index (χ2v) is 12.1. The Bertz CT molecular complexity index is 382. The third-order valence-corrected chi connectivity index (χ3v) is 8.54. The summed E-state index contributed by atoms with van der Waals surface area (Å²) in [6.45, 7) is 18.1. The number of carbonyl (C=O) groups excluding carboxylic acids is 1. The molecule has 0 aromatic rings. The first-order valence-electron chi connectivity index (χ1n) is 7.04. The van der Waals surface area contributed by atoms with E-state index in [2.05, 4.69) is 40.4 Å². The molecule has 1 aliphatic heterocycles. The van der Waals surface area contributed by atoms with Crippen LogP contribution in [-0.4, -0.2) is 38.7 Å². The standard InChI is InChI=1S/C15H28O4Si/c1-9-12-13(19-15(5,6)18-12)11(16)10-17-20(7,8)14(2,3)4/h9,12-13H,1,10H2,2-8H3/t12-,13+/m0/s1. The lowest BCUT2D eigenvalue weighted by Gasteiger charge is -2.36. The van der Waals surface area contributed by atoms with Gasteiger partial charge in [0.15, 0.2) is 26.0 Å². The molecule has 0 aliphatic carbocycles. The summed E-state index contributed by atoms with van der Waals surface area (Å²) in [4.78, 5) is 12.3. The first-order valence-corrected chi connectivity index (χ1v) is 9.95. The number of hydrogen-bond donors (Lipinski definition) is 0. The van der Waals surface area contributed by atoms with Crippen LogP contribution in [-0.2, 0) is 18.7 Å². The third-order valence-electron chi connectivity index (χ3n) is 4.06. The number of ketones is 1. The molecule has 0 N–H and O–H groups in total. The van der Waals surface area contributed by atoms with Crippen molar-refractivity contribution in [2.24, 2.45) is 0 Å². The van der Waals surface area contributed by atoms with Crippen LogP contribution in [0.25, 0.3) is 0 Å². The van der Waals surface area contributed by atoms with Crippen molar-refractivity contribution in [2.45, 2.75) is 70.7 Å². The molecule has 1 saturated heterocycles. The second kappa shape index (κ2) is 5.71. The summed E-state index contributed by atoms with van der Waals surface area (Å²) < 4.78 is 17.2. The van der Waals surface area contributed by atoms with Crippen LogP contribution in [0.4, 0.5) is 0 Å². The van der Waals surface area contributed by atoms with E-state index in [4.69, 9.17) is 13.9 Å². The Morgan fingerprint density at radius 3 is 2.35 bits per heavy atom. The number of rotatable bonds is 5. The van der Waals surface area contributed by atoms with Crippen LogP contribution in [0.5, 0.6) is 0 Å². The van der Waals surface area contributed by atoms with Gasteiger partial charge in [-0.15, -0.1) is 6.58 Å². The monoisotopic (exact) mass is 300 g/mol. The van der Waals surface area contributed by atoms with Gasteiger partial charge in [0.05, 0.1) is 6.61 Å². The summed E-state index contributed by atoms with van der Waals surface area (Å²) in [6, 6.07) is 0. The maximum absolute atomic E-state index is 12.3. The predicted octanol–water partition coefficient (Wildman–Crippen LogP) is 3.28. The summed E-state index contributed by atoms with van der Waals surface area (Å²) >= 11 is 0. The van der Waals surface area contributed by atoms with Gasteiger partial charge < -0.3 is 13.9 Å². The highest BCUT2D eigenvalue weighted by atomic mass is 28.4. The quantitative estimate of drug-likeness (QED) is 0.577. The molecular formula is C15H28O4Si. The highest BCUT2D eigenvalue weighted by Gasteiger charge is 2.44. The topological polar surface area (TPSA) is 44.8 Å². The molecule has 4 nitrogen and oxygen atoms in total. The Morgan fingerprint density at radius 1 is 1.35 bits per heavy atom. The minimum Gasteiger partial charge on any atom is -0.409 e. The molecule has 1 rings (SSSR count). The van der Waals surface area contributed by atoms with Crippen molar-refractivity contribution in [1.29, 1.82) is 0 Å². The lowest BCUT2D eigenvalue weighted by molar-refractivity contribution is -0.154. The van der Waals surface area contributed by atoms with E-state index in [1.165, 1.54) is 0 Å². The fourth-order valence-electron chi connectivity index (χ4n) is 1.76. The number of carbonyl (C=O) groups is 1. The van der Waals surface area contributed by atoms with Crippen molar-refractivity contribution in [3.05, 3.63) is 12.7 Å². The van der Waals surface area contributed by atoms with Crippen LogP contribution in [0, 0.1) is 0 Å². The first kappa shape index (κ1) is 17.6. The molecule has 0 saturated carbocycles. The summed E-state index contributed by atoms with van der Waals surface area (Å²) in [5, 5.41) is 0.0808. The molecule has 5 heteroatoms. The van der Waals surface area contributed by atoms with E-state index in [0.29, 0.717) is 0 Å². The summed E-state index contributed by atoms with van der Waals surface area (Å²) in [7, 11) is -1.93. The predicted molar refractivity (Wildman–Crippen MR) is 82.2 cm³/mol. The average molecular weight is 300 g/mol. The van der Waals surface area contributed by atoms with Crippen LogP contribution in [0.15, 0.2) is 12.7 Å². The second-order valence-electron chi connectivity index (χ2n) is 7.27. The van der Waals surface area contributed by atoms with Gasteiger partial charge in [0.2, 0.25) is 0 Å². The van der Waals surface area contributed by atoms with Crippen molar-refractivity contribution in [2.75, 3.05) is 6.61 Å². The van der Waals surface area contributed by atoms with Crippen LogP contribution >= 0.6 is 0 Å². The smallest absolute Gasteiger partial charge is 0.192 e. The van der Waals surface area contributed by atoms with Gasteiger partial charge in [0, 0.05) is 0 Å². The van der Waals surface area contributed by atoms with Gasteiger partial charge in [-0.3, -0.25) is 4.79 Å². The molecule has 0 radical (unpaired) electrons. The van der Waals surface area contributed by atoms with E-state index >= 15 is 0 Å². The zero-order chi connectivity index (χ0) is 15.8. The summed E-state index contributed by atoms with van der Waals surface area (Å²) in [5.41, 5.74) is 0. The zero-order valence-electron chi connectivity index (χ0n) is 13.8. The highest BCUT2D eigenvalue weighted by Crippen LogP contribution is 2.37. The van der Waals surface area contributed by atoms with E-state index in [1.807, 2.05) is 0 Å². The Labute approximate surface area is 123 Å². The van der Waals surface area contributed by atoms with Crippen molar-refractivity contribution in [1.82, 2.24) is 0 Å². The van der Waals surface area contributed by atoms with Crippen LogP contribution in [0.2, 0.25) is 18.1 Å². The van der Waals surface area contributed by atoms with Crippen molar-refractivity contribution in [3.8, 4) is 0 Å². The highest BCUT2D eigenvalue weighted by molar-refractivity contribution is 6.74. The Kier molecular flexibility index (Phi) is 5.02. The van der Waals surface area contributed by atoms with Crippen molar-refractivity contribution >= 4 is 14.1 Å². The molecule has 0 unspecified atom stereocenters. The van der Waals surface area contributed by atoms with E-state index in [9.17, 15) is 4.79 Å². The fourth-order valence-corrected chi connectivity index (χ4v) is 2.70. The Morgan fingerprint density at radius 2 is 1.90 bits per heavy atom. The maximum atomic E-state index is 12.3. The van der Waals surface area contributed by atoms with E-state index < -0.39 is 26.3 Å². The van der Waals surface area contributed by atoms with Crippen molar-refractivity contribution < 1.29 is 18.7 Å². The van der Waals surface area contributed by atoms with Gasteiger partial charge in [-0.05, 0) is 32.0 Å². The van der Waals surface area contributed by atoms with Crippen LogP contribution < -0.4 is 0 Å². The van der Waals surface area contributed by atoms with Gasteiger partial charge in [0.1, 0.15) is 6.10 Å². The molecule has 1 fully saturated rings. The third kappa shape index (κ3) is 4.01. The van der Waals surface area contributed by atoms with Crippen LogP contribution in [0.1, 0.15) is 34.6 Å². The largest absolute Gasteiger partial charge is 0.409 e. The van der Waals surface area contributed by atoms with Gasteiger partial charge in [-0.2, -0.15) is 0 Å². The molecule has 0 aromatic carbocycles. The van der Waals surface area contributed by atoms with E-state index in [1.54, 1.807) is 19.9 Å². The molecule has 0 aromatic heterocycles. The minimum absolute atomic E-state index is 0.0743. The van der Waals surface area contributed by atoms with E-state index in [0.717, 1.165) is 0 Å². The first-order chi connectivity index (χ1) is 8.89. The molecule has 20 heavy (non-hydrogen) atoms. The van der Waals surface area contributed by atoms with Crippen LogP contribution in [0.3, 0.4) is 0 Å². The normalized spacial score (nSPS) is 26.6. The zero-order valence-corrected chi connectivity index (χ0v) is 14.8. The molecule has 0 spiro atoms. The summed E-state index contributed by atoms with van der Waals surface area (Å²) in [6.07, 6.45) is 0.594. The lowest BCUT2D eigenvalue weighted by atomic mass is 10.1. The van der Waals surface area contributed by atoms with Gasteiger partial charge in [-0.1, -0.05) is 26.8 Å².